The molecule has 0 saturated carbocycles. The molecule has 0 N–H and O–H groups in total. The summed E-state index contributed by atoms with van der Waals surface area (Å²) in [5.41, 5.74) is 3.07. The zero-order valence-corrected chi connectivity index (χ0v) is 15.6. The fourth-order valence-electron chi connectivity index (χ4n) is 4.82. The standard InChI is InChI=1S/C22H24N4O/c1-25-14-23-12-22(25)15-2-3-16-11-24-18(9-17(16)8-15)10-21(27)13-26-19-4-5-20(26)7-6-19/h2-3,8-9,11-12,14,19-20H,4-7,10,13H2,1H3. The Bertz CT molecular complexity index is 988. The van der Waals surface area contributed by atoms with Crippen LogP contribution in [0.3, 0.4) is 0 Å². The Hall–Kier alpha value is -2.53. The predicted octanol–water partition coefficient (Wildman–Crippen LogP) is 3.37. The first-order valence-electron chi connectivity index (χ1n) is 9.80. The van der Waals surface area contributed by atoms with E-state index in [-0.39, 0.29) is 5.78 Å². The Morgan fingerprint density at radius 1 is 1.07 bits per heavy atom. The molecule has 2 saturated heterocycles. The average Bonchev–Trinajstić information content (AvgIpc) is 3.37. The van der Waals surface area contributed by atoms with Crippen LogP contribution in [0.25, 0.3) is 22.0 Å². The maximum absolute atomic E-state index is 12.6. The summed E-state index contributed by atoms with van der Waals surface area (Å²) in [6.07, 6.45) is 11.0. The molecule has 4 heterocycles. The highest BCUT2D eigenvalue weighted by Crippen LogP contribution is 2.37. The minimum atomic E-state index is 0.281. The monoisotopic (exact) mass is 360 g/mol. The molecular weight excluding hydrogens is 336 g/mol. The molecule has 3 aromatic rings. The highest BCUT2D eigenvalue weighted by atomic mass is 16.1. The molecule has 27 heavy (non-hydrogen) atoms. The lowest BCUT2D eigenvalue weighted by Gasteiger charge is -2.20. The number of Topliss-reactive ketones (excluding diaryl/α,β-unsaturated/α-hetero) is 1. The molecule has 1 aromatic carbocycles. The van der Waals surface area contributed by atoms with Gasteiger partial charge >= 0.3 is 0 Å². The van der Waals surface area contributed by atoms with Crippen LogP contribution in [0.15, 0.2) is 43.0 Å². The number of imidazole rings is 1. The van der Waals surface area contributed by atoms with Crippen LogP contribution in [0, 0.1) is 0 Å². The largest absolute Gasteiger partial charge is 0.334 e. The summed E-state index contributed by atoms with van der Waals surface area (Å²) in [4.78, 5) is 23.8. The zero-order chi connectivity index (χ0) is 18.4. The number of hydrogen-bond donors (Lipinski definition) is 0. The van der Waals surface area contributed by atoms with E-state index in [4.69, 9.17) is 0 Å². The minimum absolute atomic E-state index is 0.281. The summed E-state index contributed by atoms with van der Waals surface area (Å²) in [5.74, 6) is 0.281. The van der Waals surface area contributed by atoms with Crippen LogP contribution < -0.4 is 0 Å². The van der Waals surface area contributed by atoms with Crippen molar-refractivity contribution in [2.75, 3.05) is 6.54 Å². The van der Waals surface area contributed by atoms with Gasteiger partial charge in [0.1, 0.15) is 0 Å². The number of pyridine rings is 1. The molecule has 138 valence electrons. The van der Waals surface area contributed by atoms with Gasteiger partial charge in [-0.3, -0.25) is 14.7 Å². The van der Waals surface area contributed by atoms with Gasteiger partial charge in [-0.15, -0.1) is 0 Å². The number of fused-ring (bicyclic) bond motifs is 3. The second kappa shape index (κ2) is 6.57. The van der Waals surface area contributed by atoms with Gasteiger partial charge < -0.3 is 4.57 Å². The second-order valence-electron chi connectivity index (χ2n) is 7.98. The van der Waals surface area contributed by atoms with Gasteiger partial charge in [0, 0.05) is 42.0 Å². The van der Waals surface area contributed by atoms with E-state index in [1.165, 1.54) is 25.7 Å². The molecule has 2 aromatic heterocycles. The van der Waals surface area contributed by atoms with Crippen molar-refractivity contribution in [3.8, 4) is 11.3 Å². The Morgan fingerprint density at radius 2 is 1.85 bits per heavy atom. The summed E-state index contributed by atoms with van der Waals surface area (Å²) >= 11 is 0. The van der Waals surface area contributed by atoms with Crippen molar-refractivity contribution >= 4 is 16.6 Å². The molecule has 0 spiro atoms. The molecule has 0 amide bonds. The number of carbonyl (C=O) groups is 1. The zero-order valence-electron chi connectivity index (χ0n) is 15.6. The number of carbonyl (C=O) groups excluding carboxylic acids is 1. The molecule has 2 aliphatic heterocycles. The maximum Gasteiger partial charge on any atom is 0.152 e. The van der Waals surface area contributed by atoms with E-state index < -0.39 is 0 Å². The third kappa shape index (κ3) is 3.06. The Morgan fingerprint density at radius 3 is 2.56 bits per heavy atom. The van der Waals surface area contributed by atoms with Crippen molar-refractivity contribution < 1.29 is 4.79 Å². The molecule has 5 rings (SSSR count). The number of rotatable bonds is 5. The molecular formula is C22H24N4O. The molecule has 0 unspecified atom stereocenters. The van der Waals surface area contributed by atoms with Gasteiger partial charge in [0.05, 0.1) is 31.2 Å². The first kappa shape index (κ1) is 16.6. The molecule has 2 fully saturated rings. The highest BCUT2D eigenvalue weighted by Gasteiger charge is 2.39. The predicted molar refractivity (Wildman–Crippen MR) is 105 cm³/mol. The van der Waals surface area contributed by atoms with Gasteiger partial charge in [0.15, 0.2) is 5.78 Å². The maximum atomic E-state index is 12.6. The average molecular weight is 360 g/mol. The SMILES string of the molecule is Cn1cncc1-c1ccc2cnc(CC(=O)CN3C4CCC3CC4)cc2c1. The number of ketones is 1. The highest BCUT2D eigenvalue weighted by molar-refractivity contribution is 5.88. The summed E-state index contributed by atoms with van der Waals surface area (Å²) in [6, 6.07) is 9.68. The van der Waals surface area contributed by atoms with Crippen LogP contribution in [-0.2, 0) is 18.3 Å². The quantitative estimate of drug-likeness (QED) is 0.700. The fraction of sp³-hybridized carbons (Fsp3) is 0.409. The van der Waals surface area contributed by atoms with Crippen LogP contribution in [0.5, 0.6) is 0 Å². The molecule has 0 atom stereocenters. The molecule has 5 heteroatoms. The van der Waals surface area contributed by atoms with Crippen LogP contribution >= 0.6 is 0 Å². The normalized spacial score (nSPS) is 22.0. The van der Waals surface area contributed by atoms with Crippen LogP contribution in [0.4, 0.5) is 0 Å². The molecule has 0 radical (unpaired) electrons. The first-order chi connectivity index (χ1) is 13.2. The van der Waals surface area contributed by atoms with Crippen molar-refractivity contribution in [1.82, 2.24) is 19.4 Å². The number of aryl methyl sites for hydroxylation is 1. The van der Waals surface area contributed by atoms with Gasteiger partial charge in [0.25, 0.3) is 0 Å². The fourth-order valence-corrected chi connectivity index (χ4v) is 4.82. The minimum Gasteiger partial charge on any atom is -0.334 e. The Kier molecular flexibility index (Phi) is 4.05. The van der Waals surface area contributed by atoms with Gasteiger partial charge in [0.2, 0.25) is 0 Å². The van der Waals surface area contributed by atoms with E-state index in [9.17, 15) is 4.79 Å². The number of benzene rings is 1. The molecule has 0 aliphatic carbocycles. The van der Waals surface area contributed by atoms with Gasteiger partial charge in [-0.1, -0.05) is 12.1 Å². The number of hydrogen-bond acceptors (Lipinski definition) is 4. The van der Waals surface area contributed by atoms with Crippen molar-refractivity contribution in [3.63, 3.8) is 0 Å². The lowest BCUT2D eigenvalue weighted by atomic mass is 10.0. The lowest BCUT2D eigenvalue weighted by molar-refractivity contribution is -0.119. The van der Waals surface area contributed by atoms with Crippen molar-refractivity contribution in [2.24, 2.45) is 7.05 Å². The Labute approximate surface area is 159 Å². The molecule has 5 nitrogen and oxygen atoms in total. The van der Waals surface area contributed by atoms with Gasteiger partial charge in [-0.05, 0) is 43.2 Å². The van der Waals surface area contributed by atoms with E-state index >= 15 is 0 Å². The first-order valence-corrected chi connectivity index (χ1v) is 9.80. The summed E-state index contributed by atoms with van der Waals surface area (Å²) in [5, 5.41) is 2.21. The Balaban J connectivity index is 1.36. The smallest absolute Gasteiger partial charge is 0.152 e. The van der Waals surface area contributed by atoms with Crippen LogP contribution in [0.2, 0.25) is 0 Å². The van der Waals surface area contributed by atoms with E-state index in [1.54, 1.807) is 0 Å². The summed E-state index contributed by atoms with van der Waals surface area (Å²) in [6.45, 7) is 0.587. The number of aromatic nitrogens is 3. The second-order valence-corrected chi connectivity index (χ2v) is 7.98. The molecule has 2 aliphatic rings. The van der Waals surface area contributed by atoms with Crippen LogP contribution in [-0.4, -0.2) is 43.8 Å². The van der Waals surface area contributed by atoms with E-state index in [0.717, 1.165) is 27.7 Å². The molecule has 2 bridgehead atoms. The third-order valence-electron chi connectivity index (χ3n) is 6.23. The van der Waals surface area contributed by atoms with Gasteiger partial charge in [-0.25, -0.2) is 4.98 Å². The van der Waals surface area contributed by atoms with Gasteiger partial charge in [-0.2, -0.15) is 0 Å². The topological polar surface area (TPSA) is 51.0 Å². The number of nitrogens with zero attached hydrogens (tertiary/aromatic N) is 4. The summed E-state index contributed by atoms with van der Waals surface area (Å²) < 4.78 is 2.01. The lowest BCUT2D eigenvalue weighted by Crippen LogP contribution is -2.34. The van der Waals surface area contributed by atoms with Crippen LogP contribution in [0.1, 0.15) is 31.4 Å². The van der Waals surface area contributed by atoms with Crippen molar-refractivity contribution in [3.05, 3.63) is 48.7 Å². The van der Waals surface area contributed by atoms with E-state index in [1.807, 2.05) is 30.3 Å². The third-order valence-corrected chi connectivity index (χ3v) is 6.23. The van der Waals surface area contributed by atoms with Crippen molar-refractivity contribution in [2.45, 2.75) is 44.2 Å². The van der Waals surface area contributed by atoms with E-state index in [0.29, 0.717) is 25.0 Å². The van der Waals surface area contributed by atoms with Crippen molar-refractivity contribution in [1.29, 1.82) is 0 Å². The van der Waals surface area contributed by atoms with E-state index in [2.05, 4.69) is 39.1 Å². The summed E-state index contributed by atoms with van der Waals surface area (Å²) in [7, 11) is 1.99.